The highest BCUT2D eigenvalue weighted by Crippen LogP contribution is 2.13. The highest BCUT2D eigenvalue weighted by Gasteiger charge is 2.22. The van der Waals surface area contributed by atoms with Crippen LogP contribution in [0.3, 0.4) is 0 Å². The van der Waals surface area contributed by atoms with Gasteiger partial charge in [0.1, 0.15) is 5.82 Å². The van der Waals surface area contributed by atoms with Gasteiger partial charge in [0.25, 0.3) is 0 Å². The predicted molar refractivity (Wildman–Crippen MR) is 111 cm³/mol. The molecule has 0 saturated carbocycles. The van der Waals surface area contributed by atoms with E-state index in [1.54, 1.807) is 7.11 Å². The summed E-state index contributed by atoms with van der Waals surface area (Å²) in [4.78, 5) is 23.6. The number of aromatic nitrogens is 1. The molecule has 0 bridgehead atoms. The van der Waals surface area contributed by atoms with E-state index in [4.69, 9.17) is 4.74 Å². The van der Waals surface area contributed by atoms with Gasteiger partial charge in [-0.1, -0.05) is 36.4 Å². The molecule has 1 fully saturated rings. The van der Waals surface area contributed by atoms with Gasteiger partial charge in [0, 0.05) is 65.5 Å². The Balaban J connectivity index is 1.46. The summed E-state index contributed by atoms with van der Waals surface area (Å²) in [6, 6.07) is 16.3. The van der Waals surface area contributed by atoms with Gasteiger partial charge in [0.05, 0.1) is 6.61 Å². The number of anilines is 1. The first-order chi connectivity index (χ1) is 13.8. The second kappa shape index (κ2) is 10.8. The van der Waals surface area contributed by atoms with E-state index in [1.807, 2.05) is 35.4 Å². The molecule has 28 heavy (non-hydrogen) atoms. The van der Waals surface area contributed by atoms with Crippen molar-refractivity contribution in [1.82, 2.24) is 14.8 Å². The summed E-state index contributed by atoms with van der Waals surface area (Å²) in [6.45, 7) is 6.26. The van der Waals surface area contributed by atoms with Crippen LogP contribution in [0.5, 0.6) is 0 Å². The first-order valence-corrected chi connectivity index (χ1v) is 9.95. The molecule has 1 amide bonds. The normalized spacial score (nSPS) is 14.5. The van der Waals surface area contributed by atoms with E-state index >= 15 is 0 Å². The Morgan fingerprint density at radius 2 is 1.79 bits per heavy atom. The van der Waals surface area contributed by atoms with E-state index in [2.05, 4.69) is 39.0 Å². The lowest BCUT2D eigenvalue weighted by Gasteiger charge is -2.35. The highest BCUT2D eigenvalue weighted by molar-refractivity contribution is 5.76. The molecule has 1 saturated heterocycles. The Kier molecular flexibility index (Phi) is 7.82. The number of rotatable bonds is 9. The second-order valence-corrected chi connectivity index (χ2v) is 7.06. The summed E-state index contributed by atoms with van der Waals surface area (Å²) >= 11 is 0. The lowest BCUT2D eigenvalue weighted by Crippen LogP contribution is -2.49. The first kappa shape index (κ1) is 20.3. The molecule has 0 spiro atoms. The molecule has 1 aromatic heterocycles. The molecule has 0 atom stereocenters. The second-order valence-electron chi connectivity index (χ2n) is 7.06. The number of amides is 1. The van der Waals surface area contributed by atoms with E-state index in [9.17, 15) is 4.79 Å². The fourth-order valence-corrected chi connectivity index (χ4v) is 3.47. The minimum absolute atomic E-state index is 0.233. The first-order valence-electron chi connectivity index (χ1n) is 9.95. The molecule has 2 heterocycles. The van der Waals surface area contributed by atoms with Crippen molar-refractivity contribution in [3.05, 3.63) is 60.3 Å². The van der Waals surface area contributed by atoms with Crippen LogP contribution in [0.4, 0.5) is 5.82 Å². The van der Waals surface area contributed by atoms with E-state index < -0.39 is 0 Å². The number of hydrogen-bond acceptors (Lipinski definition) is 5. The fraction of sp³-hybridized carbons (Fsp3) is 0.455. The van der Waals surface area contributed by atoms with Gasteiger partial charge in [-0.25, -0.2) is 4.98 Å². The van der Waals surface area contributed by atoms with Gasteiger partial charge in [-0.2, -0.15) is 0 Å². The zero-order chi connectivity index (χ0) is 19.6. The largest absolute Gasteiger partial charge is 0.383 e. The molecule has 1 aliphatic heterocycles. The summed E-state index contributed by atoms with van der Waals surface area (Å²) in [6.07, 6.45) is 2.36. The number of methoxy groups -OCH3 is 1. The van der Waals surface area contributed by atoms with Crippen LogP contribution in [0.15, 0.2) is 54.7 Å². The number of hydrogen-bond donors (Lipinski definition) is 0. The quantitative estimate of drug-likeness (QED) is 0.666. The Bertz CT molecular complexity index is 703. The number of benzene rings is 1. The number of piperazine rings is 1. The van der Waals surface area contributed by atoms with Crippen molar-refractivity contribution in [3.8, 4) is 0 Å². The number of carbonyl (C=O) groups is 1. The third-order valence-electron chi connectivity index (χ3n) is 5.11. The molecular weight excluding hydrogens is 352 g/mol. The van der Waals surface area contributed by atoms with Gasteiger partial charge >= 0.3 is 0 Å². The van der Waals surface area contributed by atoms with Crippen LogP contribution in [0.2, 0.25) is 0 Å². The maximum Gasteiger partial charge on any atom is 0.223 e. The molecule has 1 aliphatic rings. The van der Waals surface area contributed by atoms with Gasteiger partial charge in [0.2, 0.25) is 5.91 Å². The molecule has 2 aromatic rings. The lowest BCUT2D eigenvalue weighted by molar-refractivity contribution is -0.131. The highest BCUT2D eigenvalue weighted by atomic mass is 16.5. The van der Waals surface area contributed by atoms with E-state index in [1.165, 1.54) is 5.56 Å². The van der Waals surface area contributed by atoms with Gasteiger partial charge < -0.3 is 14.5 Å². The van der Waals surface area contributed by atoms with Crippen LogP contribution < -0.4 is 4.90 Å². The zero-order valence-electron chi connectivity index (χ0n) is 16.7. The number of carbonyl (C=O) groups excluding carboxylic acids is 1. The van der Waals surface area contributed by atoms with Gasteiger partial charge in [-0.15, -0.1) is 0 Å². The van der Waals surface area contributed by atoms with E-state index in [0.29, 0.717) is 13.0 Å². The molecule has 0 unspecified atom stereocenters. The Labute approximate surface area is 167 Å². The summed E-state index contributed by atoms with van der Waals surface area (Å²) in [5.74, 6) is 1.22. The van der Waals surface area contributed by atoms with Gasteiger partial charge in [0.15, 0.2) is 0 Å². The summed E-state index contributed by atoms with van der Waals surface area (Å²) in [5, 5.41) is 0. The van der Waals surface area contributed by atoms with Crippen molar-refractivity contribution in [2.24, 2.45) is 0 Å². The molecule has 0 radical (unpaired) electrons. The van der Waals surface area contributed by atoms with Crippen LogP contribution >= 0.6 is 0 Å². The minimum Gasteiger partial charge on any atom is -0.383 e. The van der Waals surface area contributed by atoms with Crippen molar-refractivity contribution in [3.63, 3.8) is 0 Å². The Morgan fingerprint density at radius 3 is 2.46 bits per heavy atom. The van der Waals surface area contributed by atoms with Crippen LogP contribution in [0.1, 0.15) is 12.0 Å². The van der Waals surface area contributed by atoms with Crippen LogP contribution in [0.25, 0.3) is 0 Å². The molecule has 6 heteroatoms. The van der Waals surface area contributed by atoms with Crippen molar-refractivity contribution >= 4 is 11.7 Å². The lowest BCUT2D eigenvalue weighted by atomic mass is 10.2. The number of nitrogens with zero attached hydrogens (tertiary/aromatic N) is 4. The van der Waals surface area contributed by atoms with E-state index in [-0.39, 0.29) is 5.91 Å². The third kappa shape index (κ3) is 6.04. The maximum absolute atomic E-state index is 12.7. The maximum atomic E-state index is 12.7. The van der Waals surface area contributed by atoms with Crippen LogP contribution in [0, 0.1) is 0 Å². The van der Waals surface area contributed by atoms with Crippen molar-refractivity contribution in [2.45, 2.75) is 13.0 Å². The topological polar surface area (TPSA) is 48.9 Å². The van der Waals surface area contributed by atoms with Crippen molar-refractivity contribution < 1.29 is 9.53 Å². The van der Waals surface area contributed by atoms with Crippen LogP contribution in [-0.2, 0) is 16.1 Å². The zero-order valence-corrected chi connectivity index (χ0v) is 16.7. The smallest absolute Gasteiger partial charge is 0.223 e. The average molecular weight is 383 g/mol. The van der Waals surface area contributed by atoms with Crippen molar-refractivity contribution in [1.29, 1.82) is 0 Å². The predicted octanol–water partition coefficient (Wildman–Crippen LogP) is 2.27. The molecule has 1 aromatic carbocycles. The van der Waals surface area contributed by atoms with Gasteiger partial charge in [-0.05, 0) is 17.7 Å². The average Bonchev–Trinajstić information content (AvgIpc) is 2.77. The Morgan fingerprint density at radius 1 is 1.04 bits per heavy atom. The SMILES string of the molecule is COCCN(CCC(=O)N1CCN(c2ccccn2)CC1)Cc1ccccc1. The molecule has 0 N–H and O–H groups in total. The monoisotopic (exact) mass is 382 g/mol. The molecule has 150 valence electrons. The minimum atomic E-state index is 0.233. The van der Waals surface area contributed by atoms with Crippen LogP contribution in [-0.4, -0.2) is 73.7 Å². The third-order valence-corrected chi connectivity index (χ3v) is 5.11. The fourth-order valence-electron chi connectivity index (χ4n) is 3.47. The summed E-state index contributed by atoms with van der Waals surface area (Å²) in [5.41, 5.74) is 1.26. The standard InChI is InChI=1S/C22H30N4O2/c1-28-18-17-24(19-20-7-3-2-4-8-20)12-10-22(27)26-15-13-25(14-16-26)21-9-5-6-11-23-21/h2-9,11H,10,12-19H2,1H3. The molecule has 3 rings (SSSR count). The van der Waals surface area contributed by atoms with Crippen molar-refractivity contribution in [2.75, 3.05) is 57.9 Å². The van der Waals surface area contributed by atoms with E-state index in [0.717, 1.165) is 51.6 Å². The molecule has 6 nitrogen and oxygen atoms in total. The number of pyridine rings is 1. The van der Waals surface area contributed by atoms with Gasteiger partial charge in [-0.3, -0.25) is 9.69 Å². The summed E-state index contributed by atoms with van der Waals surface area (Å²) in [7, 11) is 1.72. The molecule has 0 aliphatic carbocycles. The summed E-state index contributed by atoms with van der Waals surface area (Å²) < 4.78 is 5.24. The molecular formula is C22H30N4O2. The Hall–Kier alpha value is -2.44. The number of ether oxygens (including phenoxy) is 1.